The molecule has 6 aliphatic rings. The Morgan fingerprint density at radius 3 is 2.59 bits per heavy atom. The molecule has 39 heavy (non-hydrogen) atoms. The van der Waals surface area contributed by atoms with Crippen LogP contribution in [0, 0.1) is 40.4 Å². The van der Waals surface area contributed by atoms with Crippen molar-refractivity contribution in [2.24, 2.45) is 40.4 Å². The Balaban J connectivity index is 1.27. The van der Waals surface area contributed by atoms with Gasteiger partial charge < -0.3 is 19.3 Å². The van der Waals surface area contributed by atoms with Crippen molar-refractivity contribution in [3.63, 3.8) is 0 Å². The summed E-state index contributed by atoms with van der Waals surface area (Å²) in [6.45, 7) is 13.3. The van der Waals surface area contributed by atoms with Crippen LogP contribution in [0.25, 0.3) is 0 Å². The highest BCUT2D eigenvalue weighted by Gasteiger charge is 2.68. The number of hydrogen-bond donors (Lipinski definition) is 1. The lowest BCUT2D eigenvalue weighted by atomic mass is 9.46. The molecule has 1 N–H and O–H groups in total. The van der Waals surface area contributed by atoms with Crippen LogP contribution in [-0.4, -0.2) is 51.6 Å². The van der Waals surface area contributed by atoms with Crippen molar-refractivity contribution < 1.29 is 28.9 Å². The molecule has 0 aromatic carbocycles. The maximum atomic E-state index is 12.5. The van der Waals surface area contributed by atoms with Crippen LogP contribution in [0.1, 0.15) is 86.5 Å². The summed E-state index contributed by atoms with van der Waals surface area (Å²) in [4.78, 5) is 24.7. The van der Waals surface area contributed by atoms with Gasteiger partial charge in [0.2, 0.25) is 0 Å². The molecule has 2 aliphatic heterocycles. The second-order valence-corrected chi connectivity index (χ2v) is 15.4. The molecule has 5 fully saturated rings. The molecule has 2 saturated heterocycles. The van der Waals surface area contributed by atoms with Crippen LogP contribution in [0.5, 0.6) is 0 Å². The summed E-state index contributed by atoms with van der Waals surface area (Å²) in [7, 11) is 0. The van der Waals surface area contributed by atoms with Gasteiger partial charge in [0.15, 0.2) is 10.9 Å². The van der Waals surface area contributed by atoms with Gasteiger partial charge >= 0.3 is 0 Å². The number of hydrogen-bond acceptors (Lipinski definition) is 7. The summed E-state index contributed by atoms with van der Waals surface area (Å²) < 4.78 is 19.5. The van der Waals surface area contributed by atoms with Crippen molar-refractivity contribution in [2.75, 3.05) is 6.26 Å². The minimum atomic E-state index is -1.33. The molecular weight excluding hydrogens is 512 g/mol. The van der Waals surface area contributed by atoms with Gasteiger partial charge in [-0.3, -0.25) is 9.59 Å². The predicted octanol–water partition coefficient (Wildman–Crippen LogP) is 5.82. The molecule has 6 rings (SSSR count). The summed E-state index contributed by atoms with van der Waals surface area (Å²) in [5.41, 5.74) is -0.0293. The Labute approximate surface area is 237 Å². The monoisotopic (exact) mass is 558 g/mol. The smallest absolute Gasteiger partial charge is 0.292 e. The summed E-state index contributed by atoms with van der Waals surface area (Å²) in [6, 6.07) is 0. The van der Waals surface area contributed by atoms with Crippen LogP contribution < -0.4 is 0 Å². The third kappa shape index (κ3) is 4.04. The molecule has 11 atom stereocenters. The first kappa shape index (κ1) is 28.1. The van der Waals surface area contributed by atoms with Crippen LogP contribution in [0.15, 0.2) is 23.8 Å². The third-order valence-electron chi connectivity index (χ3n) is 12.4. The van der Waals surface area contributed by atoms with E-state index in [1.54, 1.807) is 18.4 Å². The van der Waals surface area contributed by atoms with E-state index in [1.807, 2.05) is 13.8 Å². The van der Waals surface area contributed by atoms with Gasteiger partial charge in [-0.05, 0) is 106 Å². The fourth-order valence-electron chi connectivity index (χ4n) is 9.97. The summed E-state index contributed by atoms with van der Waals surface area (Å²) >= 11 is 1.19. The van der Waals surface area contributed by atoms with E-state index >= 15 is 0 Å². The Kier molecular flexibility index (Phi) is 6.50. The number of fused-ring (bicyclic) bond motifs is 7. The molecule has 0 aromatic heterocycles. The van der Waals surface area contributed by atoms with Crippen LogP contribution in [0.4, 0.5) is 0 Å². The molecule has 0 spiro atoms. The van der Waals surface area contributed by atoms with Gasteiger partial charge in [-0.15, -0.1) is 0 Å². The second-order valence-electron chi connectivity index (χ2n) is 14.6. The Morgan fingerprint density at radius 1 is 1.13 bits per heavy atom. The van der Waals surface area contributed by atoms with E-state index in [2.05, 4.69) is 33.8 Å². The average molecular weight is 559 g/mol. The topological polar surface area (TPSA) is 82.1 Å². The van der Waals surface area contributed by atoms with E-state index in [0.29, 0.717) is 24.2 Å². The highest BCUT2D eigenvalue weighted by molar-refractivity contribution is 8.13. The number of aliphatic hydroxyl groups is 1. The largest absolute Gasteiger partial charge is 0.392 e. The van der Waals surface area contributed by atoms with E-state index in [1.165, 1.54) is 11.8 Å². The first-order chi connectivity index (χ1) is 18.2. The third-order valence-corrected chi connectivity index (χ3v) is 13.0. The molecule has 0 aromatic rings. The van der Waals surface area contributed by atoms with Gasteiger partial charge in [-0.25, -0.2) is 0 Å². The number of thioether (sulfide) groups is 1. The number of ketones is 1. The van der Waals surface area contributed by atoms with Crippen LogP contribution in [0.3, 0.4) is 0 Å². The number of aliphatic hydroxyl groups excluding tert-OH is 1. The van der Waals surface area contributed by atoms with Crippen molar-refractivity contribution in [1.29, 1.82) is 0 Å². The van der Waals surface area contributed by atoms with Gasteiger partial charge in [-0.2, -0.15) is 0 Å². The molecule has 6 nitrogen and oxygen atoms in total. The summed E-state index contributed by atoms with van der Waals surface area (Å²) in [5.74, 6) is 0.465. The van der Waals surface area contributed by atoms with E-state index in [9.17, 15) is 14.7 Å². The fourth-order valence-corrected chi connectivity index (χ4v) is 10.3. The zero-order valence-corrected chi connectivity index (χ0v) is 25.4. The van der Waals surface area contributed by atoms with Crippen molar-refractivity contribution in [1.82, 2.24) is 0 Å². The molecule has 0 radical (unpaired) electrons. The van der Waals surface area contributed by atoms with Crippen LogP contribution >= 0.6 is 11.8 Å². The molecule has 0 amide bonds. The molecule has 216 valence electrons. The first-order valence-corrected chi connectivity index (χ1v) is 16.2. The average Bonchev–Trinajstić information content (AvgIpc) is 3.26. The minimum Gasteiger partial charge on any atom is -0.392 e. The molecule has 4 aliphatic carbocycles. The number of carbonyl (C=O) groups is 2. The van der Waals surface area contributed by atoms with Crippen molar-refractivity contribution in [2.45, 2.75) is 116 Å². The standard InChI is InChI=1S/C32H46O6S/c1-18(25-16-31(6)28(2,3)37-32(36-25,38-31)17-26(35)39-7)21-8-9-22-27-23(11-13-30(21,22)5)29(4)12-10-20(33)14-19(29)15-24(27)34/h10,12,14,18,21-25,27,34H,8-9,11,13,15-17H2,1-7H3/t18-,21+,22-,23-,24+,25+,27-,29-,30+,31-,32-/m0/s1. The normalized spacial score (nSPS) is 50.6. The lowest BCUT2D eigenvalue weighted by Gasteiger charge is -2.59. The number of rotatable bonds is 4. The second kappa shape index (κ2) is 9.00. The Bertz CT molecular complexity index is 1130. The van der Waals surface area contributed by atoms with Crippen molar-refractivity contribution in [3.8, 4) is 0 Å². The van der Waals surface area contributed by atoms with E-state index < -0.39 is 23.3 Å². The van der Waals surface area contributed by atoms with Gasteiger partial charge in [0.25, 0.3) is 5.97 Å². The van der Waals surface area contributed by atoms with Crippen LogP contribution in [-0.2, 0) is 23.8 Å². The van der Waals surface area contributed by atoms with Gasteiger partial charge in [0.1, 0.15) is 5.60 Å². The fraction of sp³-hybridized carbons (Fsp3) is 0.812. The lowest BCUT2D eigenvalue weighted by molar-refractivity contribution is -0.392. The SMILES string of the molecule is CSC(=O)C[C@@]12O[C@@H]([C@@H](C)[C@H]3CC[C@H]4[C@@H]5[C@H](O)CC6=CC(=O)C=C[C@]6(C)[C@H]5CC[C@]34C)C[C@](C)(O1)C(C)(C)O2. The summed E-state index contributed by atoms with van der Waals surface area (Å²) in [5, 5.41) is 11.5. The van der Waals surface area contributed by atoms with E-state index in [0.717, 1.165) is 37.7 Å². The predicted molar refractivity (Wildman–Crippen MR) is 151 cm³/mol. The molecule has 3 saturated carbocycles. The molecule has 2 heterocycles. The zero-order valence-electron chi connectivity index (χ0n) is 24.6. The molecule has 0 unspecified atom stereocenters. The number of allylic oxidation sites excluding steroid dienone is 3. The molecule has 2 bridgehead atoms. The van der Waals surface area contributed by atoms with Gasteiger partial charge in [-0.1, -0.05) is 44.2 Å². The highest BCUT2D eigenvalue weighted by atomic mass is 32.2. The summed E-state index contributed by atoms with van der Waals surface area (Å²) in [6.07, 6.45) is 12.8. The lowest BCUT2D eigenvalue weighted by Crippen LogP contribution is -2.56. The first-order valence-electron chi connectivity index (χ1n) is 14.9. The quantitative estimate of drug-likeness (QED) is 0.465. The van der Waals surface area contributed by atoms with E-state index in [4.69, 9.17) is 14.2 Å². The number of carbonyl (C=O) groups excluding carboxylic acids is 2. The maximum Gasteiger partial charge on any atom is 0.292 e. The maximum absolute atomic E-state index is 12.5. The Hall–Kier alpha value is -0.990. The zero-order chi connectivity index (χ0) is 28.2. The minimum absolute atomic E-state index is 0.00114. The van der Waals surface area contributed by atoms with Crippen molar-refractivity contribution >= 4 is 22.7 Å². The molecular formula is C32H46O6S. The Morgan fingerprint density at radius 2 is 1.87 bits per heavy atom. The molecule has 7 heteroatoms. The van der Waals surface area contributed by atoms with E-state index in [-0.39, 0.29) is 46.1 Å². The van der Waals surface area contributed by atoms with Crippen LogP contribution in [0.2, 0.25) is 0 Å². The van der Waals surface area contributed by atoms with Gasteiger partial charge in [0, 0.05) is 11.8 Å². The number of ether oxygens (including phenoxy) is 3. The van der Waals surface area contributed by atoms with Crippen molar-refractivity contribution in [3.05, 3.63) is 23.8 Å². The highest BCUT2D eigenvalue weighted by Crippen LogP contribution is 2.68. The van der Waals surface area contributed by atoms with Gasteiger partial charge in [0.05, 0.1) is 24.2 Å².